The summed E-state index contributed by atoms with van der Waals surface area (Å²) < 4.78 is 12.3. The Morgan fingerprint density at radius 1 is 1.07 bits per heavy atom. The molecule has 1 saturated heterocycles. The first-order chi connectivity index (χ1) is 21.4. The smallest absolute Gasteiger partial charge is 0.280 e. The van der Waals surface area contributed by atoms with Gasteiger partial charge in [0.05, 0.1) is 20.0 Å². The molecule has 1 aliphatic heterocycles. The molecule has 14 heteroatoms. The highest BCUT2D eigenvalue weighted by atomic mass is 16.6. The number of nitrogens with one attached hydrogen (secondary N) is 2. The summed E-state index contributed by atoms with van der Waals surface area (Å²) in [5, 5.41) is 38.2. The van der Waals surface area contributed by atoms with E-state index in [-0.39, 0.29) is 17.1 Å². The predicted molar refractivity (Wildman–Crippen MR) is 159 cm³/mol. The highest BCUT2D eigenvalue weighted by Gasteiger charge is 2.55. The van der Waals surface area contributed by atoms with Crippen molar-refractivity contribution in [2.75, 3.05) is 19.0 Å². The van der Waals surface area contributed by atoms with E-state index in [9.17, 15) is 20.1 Å². The molecule has 44 heavy (non-hydrogen) atoms. The Balaban J connectivity index is 1.53. The minimum absolute atomic E-state index is 0.00642. The van der Waals surface area contributed by atoms with Gasteiger partial charge in [-0.15, -0.1) is 0 Å². The van der Waals surface area contributed by atoms with Gasteiger partial charge in [-0.05, 0) is 34.4 Å². The van der Waals surface area contributed by atoms with Crippen molar-refractivity contribution in [2.45, 2.75) is 29.7 Å². The number of H-pyrrole nitrogens is 1. The normalized spacial score (nSPS) is 21.6. The second-order valence-electron chi connectivity index (χ2n) is 10.2. The van der Waals surface area contributed by atoms with Gasteiger partial charge in [0.25, 0.3) is 5.56 Å². The van der Waals surface area contributed by atoms with Crippen molar-refractivity contribution in [3.63, 3.8) is 0 Å². The molecule has 0 spiro atoms. The lowest BCUT2D eigenvalue weighted by Crippen LogP contribution is -2.44. The number of aliphatic hydroxyl groups excluding tert-OH is 3. The molecule has 3 aromatic carbocycles. The van der Waals surface area contributed by atoms with Crippen LogP contribution in [-0.4, -0.2) is 66.5 Å². The van der Waals surface area contributed by atoms with Crippen LogP contribution in [-0.2, 0) is 10.3 Å². The van der Waals surface area contributed by atoms with E-state index in [2.05, 4.69) is 30.3 Å². The first-order valence-electron chi connectivity index (χ1n) is 13.6. The second kappa shape index (κ2) is 11.4. The van der Waals surface area contributed by atoms with E-state index in [0.29, 0.717) is 5.75 Å². The van der Waals surface area contributed by atoms with Gasteiger partial charge in [0, 0.05) is 4.91 Å². The number of methoxy groups -OCH3 is 1. The maximum Gasteiger partial charge on any atom is 0.280 e. The Labute approximate surface area is 249 Å². The molecule has 1 fully saturated rings. The van der Waals surface area contributed by atoms with E-state index in [1.807, 2.05) is 84.9 Å². The Bertz CT molecular complexity index is 1840. The number of imidazole rings is 1. The molecule has 5 aromatic rings. The largest absolute Gasteiger partial charge is 0.497 e. The van der Waals surface area contributed by atoms with Gasteiger partial charge in [-0.3, -0.25) is 14.3 Å². The molecule has 1 aliphatic rings. The van der Waals surface area contributed by atoms with Gasteiger partial charge in [-0.1, -0.05) is 77.9 Å². The summed E-state index contributed by atoms with van der Waals surface area (Å²) in [6.45, 7) is -0.905. The van der Waals surface area contributed by atoms with Crippen LogP contribution in [0.1, 0.15) is 22.9 Å². The number of aromatic nitrogens is 4. The Morgan fingerprint density at radius 3 is 2.25 bits per heavy atom. The van der Waals surface area contributed by atoms with Crippen molar-refractivity contribution in [3.05, 3.63) is 129 Å². The summed E-state index contributed by atoms with van der Waals surface area (Å²) in [7, 11) is 1.59. The molecule has 0 amide bonds. The molecule has 0 radical (unpaired) electrons. The highest BCUT2D eigenvalue weighted by molar-refractivity contribution is 5.71. The molecule has 4 atom stereocenters. The lowest BCUT2D eigenvalue weighted by Gasteiger charge is -2.37. The number of aliphatic hydroxyl groups is 3. The molecule has 5 N–H and O–H groups in total. The summed E-state index contributed by atoms with van der Waals surface area (Å²) in [5.41, 5.74) is 7.61. The van der Waals surface area contributed by atoms with E-state index in [4.69, 9.17) is 15.0 Å². The number of nitrogens with zero attached hydrogens (tertiary/aromatic N) is 6. The van der Waals surface area contributed by atoms with Crippen LogP contribution in [0.25, 0.3) is 21.6 Å². The number of hydrogen-bond donors (Lipinski definition) is 5. The molecule has 224 valence electrons. The minimum Gasteiger partial charge on any atom is -0.497 e. The third-order valence-electron chi connectivity index (χ3n) is 7.79. The topological polar surface area (TPSA) is 204 Å². The van der Waals surface area contributed by atoms with Crippen molar-refractivity contribution in [1.29, 1.82) is 0 Å². The van der Waals surface area contributed by atoms with Crippen molar-refractivity contribution >= 4 is 17.1 Å². The molecule has 3 heterocycles. The van der Waals surface area contributed by atoms with Crippen molar-refractivity contribution in [3.8, 4) is 5.75 Å². The molecule has 2 aromatic heterocycles. The molecule has 0 saturated carbocycles. The van der Waals surface area contributed by atoms with E-state index in [1.54, 1.807) is 7.11 Å². The third-order valence-corrected chi connectivity index (χ3v) is 7.79. The number of fused-ring (bicyclic) bond motifs is 1. The van der Waals surface area contributed by atoms with Crippen molar-refractivity contribution in [2.24, 2.45) is 5.11 Å². The summed E-state index contributed by atoms with van der Waals surface area (Å²) in [6, 6.07) is 26.8. The zero-order chi connectivity index (χ0) is 30.9. The molecule has 6 rings (SSSR count). The quantitative estimate of drug-likeness (QED) is 0.0733. The van der Waals surface area contributed by atoms with Gasteiger partial charge in [0.2, 0.25) is 11.7 Å². The van der Waals surface area contributed by atoms with E-state index < -0.39 is 41.9 Å². The minimum atomic E-state index is -2.15. The van der Waals surface area contributed by atoms with Crippen molar-refractivity contribution in [1.82, 2.24) is 19.5 Å². The summed E-state index contributed by atoms with van der Waals surface area (Å²) in [6.07, 6.45) is -3.62. The summed E-state index contributed by atoms with van der Waals surface area (Å²) in [5.74, 6) is 0.724. The second-order valence-corrected chi connectivity index (χ2v) is 10.2. The van der Waals surface area contributed by atoms with Crippen LogP contribution in [0.3, 0.4) is 0 Å². The van der Waals surface area contributed by atoms with Crippen LogP contribution in [0.5, 0.6) is 5.75 Å². The first kappa shape index (κ1) is 28.9. The summed E-state index contributed by atoms with van der Waals surface area (Å²) in [4.78, 5) is 27.6. The van der Waals surface area contributed by atoms with Crippen LogP contribution >= 0.6 is 0 Å². The average molecular weight is 597 g/mol. The fourth-order valence-corrected chi connectivity index (χ4v) is 5.60. The van der Waals surface area contributed by atoms with Crippen LogP contribution < -0.4 is 15.6 Å². The number of hydrogen-bond acceptors (Lipinski definition) is 10. The van der Waals surface area contributed by atoms with Gasteiger partial charge in [0.15, 0.2) is 17.4 Å². The zero-order valence-corrected chi connectivity index (χ0v) is 23.3. The average Bonchev–Trinajstić information content (AvgIpc) is 3.60. The first-order valence-corrected chi connectivity index (χ1v) is 13.6. The molecular weight excluding hydrogens is 568 g/mol. The Kier molecular flexibility index (Phi) is 7.51. The predicted octanol–water partition coefficient (Wildman–Crippen LogP) is 2.78. The van der Waals surface area contributed by atoms with Gasteiger partial charge in [0.1, 0.15) is 23.5 Å². The monoisotopic (exact) mass is 596 g/mol. The van der Waals surface area contributed by atoms with Crippen LogP contribution in [0, 0.1) is 0 Å². The van der Waals surface area contributed by atoms with E-state index in [0.717, 1.165) is 16.7 Å². The van der Waals surface area contributed by atoms with Gasteiger partial charge >= 0.3 is 0 Å². The maximum absolute atomic E-state index is 13.4. The number of aromatic amines is 1. The number of azide groups is 1. The third kappa shape index (κ3) is 4.63. The molecular formula is C30H28N8O6. The van der Waals surface area contributed by atoms with Crippen LogP contribution in [0.4, 0.5) is 5.95 Å². The van der Waals surface area contributed by atoms with Gasteiger partial charge < -0.3 is 30.1 Å². The fraction of sp³-hybridized carbons (Fsp3) is 0.233. The molecule has 0 unspecified atom stereocenters. The lowest BCUT2D eigenvalue weighted by molar-refractivity contribution is -0.123. The molecule has 0 aliphatic carbocycles. The fourth-order valence-electron chi connectivity index (χ4n) is 5.60. The Morgan fingerprint density at radius 2 is 1.68 bits per heavy atom. The maximum atomic E-state index is 13.4. The number of anilines is 1. The van der Waals surface area contributed by atoms with Crippen LogP contribution in [0.15, 0.2) is 101 Å². The number of rotatable bonds is 9. The highest BCUT2D eigenvalue weighted by Crippen LogP contribution is 2.41. The standard InChI is InChI=1S/C30H28N8O6/c1-43-21-14-12-20(13-15-21)30(18-8-4-2-5-9-18,19-10-6-3-7-11-19)35-28-33-25-22(26(42)34-28)32-17-38(25)27-23(40)24(41)29(16-39,44-27)36-37-31/h2-15,17,23-24,27,39-41H,16H2,1H3,(H2,33,34,35,42)/t23-,24-,27+,29+/m0/s1. The van der Waals surface area contributed by atoms with Crippen molar-refractivity contribution < 1.29 is 24.8 Å². The van der Waals surface area contributed by atoms with Gasteiger partial charge in [-0.25, -0.2) is 4.98 Å². The van der Waals surface area contributed by atoms with Gasteiger partial charge in [-0.2, -0.15) is 4.98 Å². The molecule has 14 nitrogen and oxygen atoms in total. The number of benzene rings is 3. The van der Waals surface area contributed by atoms with E-state index in [1.165, 1.54) is 10.9 Å². The van der Waals surface area contributed by atoms with E-state index >= 15 is 0 Å². The molecule has 0 bridgehead atoms. The zero-order valence-electron chi connectivity index (χ0n) is 23.3. The van der Waals surface area contributed by atoms with Crippen LogP contribution in [0.2, 0.25) is 0 Å². The summed E-state index contributed by atoms with van der Waals surface area (Å²) >= 11 is 0. The Hall–Kier alpha value is -5.24. The SMILES string of the molecule is COc1ccc(C(Nc2nc3c(ncn3[C@@H]3O[C@@](CO)(N=[N+]=[N-])[C@@H](O)[C@@H]3O)c(=O)[nH]2)(c2ccccc2)c2ccccc2)cc1. The number of ether oxygens (including phenoxy) is 2. The lowest BCUT2D eigenvalue weighted by atomic mass is 9.77.